The number of rotatable bonds is 4. The van der Waals surface area contributed by atoms with Gasteiger partial charge in [0.05, 0.1) is 12.2 Å². The van der Waals surface area contributed by atoms with Crippen molar-refractivity contribution in [2.45, 2.75) is 26.7 Å². The zero-order valence-electron chi connectivity index (χ0n) is 14.9. The molecule has 3 heteroatoms. The van der Waals surface area contributed by atoms with Crippen LogP contribution in [0.1, 0.15) is 30.9 Å². The SMILES string of the molecule is CCOC(=O)C1=C(C)N(c2ccccc2C)C=CC1c1ccccc1. The molecular formula is C22H23NO2. The highest BCUT2D eigenvalue weighted by Crippen LogP contribution is 2.37. The molecule has 3 nitrogen and oxygen atoms in total. The number of hydrogen-bond acceptors (Lipinski definition) is 3. The van der Waals surface area contributed by atoms with Gasteiger partial charge in [0.2, 0.25) is 0 Å². The molecule has 0 bridgehead atoms. The van der Waals surface area contributed by atoms with Crippen molar-refractivity contribution in [3.05, 3.63) is 89.3 Å². The maximum atomic E-state index is 12.7. The van der Waals surface area contributed by atoms with Gasteiger partial charge in [-0.15, -0.1) is 0 Å². The fourth-order valence-corrected chi connectivity index (χ4v) is 3.25. The van der Waals surface area contributed by atoms with E-state index in [2.05, 4.69) is 36.2 Å². The van der Waals surface area contributed by atoms with E-state index in [4.69, 9.17) is 4.74 Å². The molecule has 1 aliphatic heterocycles. The third-order valence-electron chi connectivity index (χ3n) is 4.52. The number of esters is 1. The number of allylic oxidation sites excluding steroid dienone is 2. The first-order chi connectivity index (χ1) is 12.1. The number of anilines is 1. The normalized spacial score (nSPS) is 16.9. The van der Waals surface area contributed by atoms with Crippen LogP contribution in [0.5, 0.6) is 0 Å². The molecule has 0 saturated carbocycles. The van der Waals surface area contributed by atoms with E-state index in [1.807, 2.05) is 56.3 Å². The van der Waals surface area contributed by atoms with Gasteiger partial charge in [-0.1, -0.05) is 54.6 Å². The lowest BCUT2D eigenvalue weighted by Crippen LogP contribution is -2.27. The highest BCUT2D eigenvalue weighted by atomic mass is 16.5. The van der Waals surface area contributed by atoms with Crippen LogP contribution in [0, 0.1) is 6.92 Å². The lowest BCUT2D eigenvalue weighted by atomic mass is 9.87. The molecule has 1 heterocycles. The molecule has 3 rings (SSSR count). The van der Waals surface area contributed by atoms with Crippen molar-refractivity contribution < 1.29 is 9.53 Å². The van der Waals surface area contributed by atoms with E-state index in [0.29, 0.717) is 12.2 Å². The van der Waals surface area contributed by atoms with Crippen LogP contribution in [0.25, 0.3) is 0 Å². The van der Waals surface area contributed by atoms with Gasteiger partial charge in [-0.05, 0) is 38.0 Å². The van der Waals surface area contributed by atoms with Crippen LogP contribution in [0.3, 0.4) is 0 Å². The highest BCUT2D eigenvalue weighted by molar-refractivity contribution is 5.93. The topological polar surface area (TPSA) is 29.5 Å². The molecule has 0 N–H and O–H groups in total. The first kappa shape index (κ1) is 17.0. The van der Waals surface area contributed by atoms with Gasteiger partial charge in [0.25, 0.3) is 0 Å². The maximum absolute atomic E-state index is 12.7. The molecule has 2 aromatic carbocycles. The van der Waals surface area contributed by atoms with Crippen LogP contribution in [-0.2, 0) is 9.53 Å². The lowest BCUT2D eigenvalue weighted by molar-refractivity contribution is -0.138. The predicted octanol–water partition coefficient (Wildman–Crippen LogP) is 4.95. The van der Waals surface area contributed by atoms with Crippen molar-refractivity contribution in [2.75, 3.05) is 11.5 Å². The standard InChI is InChI=1S/C22H23NO2/c1-4-25-22(24)21-17(3)23(20-13-9-8-10-16(20)2)15-14-19(21)18-11-6-5-7-12-18/h5-15,19H,4H2,1-3H3. The Hall–Kier alpha value is -2.81. The molecule has 0 aliphatic carbocycles. The smallest absolute Gasteiger partial charge is 0.336 e. The zero-order valence-corrected chi connectivity index (χ0v) is 14.9. The van der Waals surface area contributed by atoms with Gasteiger partial charge in [-0.2, -0.15) is 0 Å². The molecule has 0 aromatic heterocycles. The Kier molecular flexibility index (Phi) is 5.03. The quantitative estimate of drug-likeness (QED) is 0.742. The van der Waals surface area contributed by atoms with Crippen LogP contribution >= 0.6 is 0 Å². The van der Waals surface area contributed by atoms with Crippen molar-refractivity contribution in [3.63, 3.8) is 0 Å². The van der Waals surface area contributed by atoms with Crippen LogP contribution < -0.4 is 4.90 Å². The number of nitrogens with zero attached hydrogens (tertiary/aromatic N) is 1. The predicted molar refractivity (Wildman–Crippen MR) is 101 cm³/mol. The van der Waals surface area contributed by atoms with Crippen molar-refractivity contribution in [3.8, 4) is 0 Å². The van der Waals surface area contributed by atoms with Crippen molar-refractivity contribution in [2.24, 2.45) is 0 Å². The van der Waals surface area contributed by atoms with E-state index in [0.717, 1.165) is 22.5 Å². The fraction of sp³-hybridized carbons (Fsp3) is 0.227. The second kappa shape index (κ2) is 7.39. The third kappa shape index (κ3) is 3.36. The van der Waals surface area contributed by atoms with Gasteiger partial charge in [0.15, 0.2) is 0 Å². The zero-order chi connectivity index (χ0) is 17.8. The van der Waals surface area contributed by atoms with Gasteiger partial charge in [0.1, 0.15) is 0 Å². The van der Waals surface area contributed by atoms with E-state index in [9.17, 15) is 4.79 Å². The molecule has 2 aromatic rings. The van der Waals surface area contributed by atoms with E-state index < -0.39 is 0 Å². The van der Waals surface area contributed by atoms with E-state index in [-0.39, 0.29) is 11.9 Å². The average molecular weight is 333 g/mol. The molecule has 0 fully saturated rings. The summed E-state index contributed by atoms with van der Waals surface area (Å²) >= 11 is 0. The Bertz CT molecular complexity index is 821. The Labute approximate surface area is 149 Å². The third-order valence-corrected chi connectivity index (χ3v) is 4.52. The first-order valence-electron chi connectivity index (χ1n) is 8.59. The van der Waals surface area contributed by atoms with Crippen molar-refractivity contribution in [1.29, 1.82) is 0 Å². The summed E-state index contributed by atoms with van der Waals surface area (Å²) < 4.78 is 5.36. The Balaban J connectivity index is 2.09. The van der Waals surface area contributed by atoms with E-state index >= 15 is 0 Å². The number of hydrogen-bond donors (Lipinski definition) is 0. The minimum atomic E-state index is -0.253. The monoisotopic (exact) mass is 333 g/mol. The molecule has 0 spiro atoms. The number of carbonyl (C=O) groups excluding carboxylic acids is 1. The summed E-state index contributed by atoms with van der Waals surface area (Å²) in [5.41, 5.74) is 4.92. The number of ether oxygens (including phenoxy) is 1. The second-order valence-electron chi connectivity index (χ2n) is 6.11. The number of aryl methyl sites for hydroxylation is 1. The first-order valence-corrected chi connectivity index (χ1v) is 8.59. The Morgan fingerprint density at radius 3 is 2.40 bits per heavy atom. The van der Waals surface area contributed by atoms with Crippen LogP contribution in [0.15, 0.2) is 78.1 Å². The van der Waals surface area contributed by atoms with Gasteiger partial charge in [0, 0.05) is 23.5 Å². The number of benzene rings is 2. The van der Waals surface area contributed by atoms with Gasteiger partial charge in [-0.3, -0.25) is 0 Å². The minimum Gasteiger partial charge on any atom is -0.463 e. The molecule has 0 saturated heterocycles. The van der Waals surface area contributed by atoms with Crippen molar-refractivity contribution >= 4 is 11.7 Å². The Morgan fingerprint density at radius 2 is 1.72 bits per heavy atom. The molecule has 0 amide bonds. The molecule has 128 valence electrons. The molecule has 1 unspecified atom stereocenters. The summed E-state index contributed by atoms with van der Waals surface area (Å²) in [4.78, 5) is 14.8. The summed E-state index contributed by atoms with van der Waals surface area (Å²) in [7, 11) is 0. The van der Waals surface area contributed by atoms with Crippen LogP contribution in [0.4, 0.5) is 5.69 Å². The number of carbonyl (C=O) groups is 1. The lowest BCUT2D eigenvalue weighted by Gasteiger charge is -2.32. The van der Waals surface area contributed by atoms with Gasteiger partial charge >= 0.3 is 5.97 Å². The molecule has 1 aliphatic rings. The highest BCUT2D eigenvalue weighted by Gasteiger charge is 2.30. The number of para-hydroxylation sites is 1. The summed E-state index contributed by atoms with van der Waals surface area (Å²) in [6.45, 7) is 6.26. The van der Waals surface area contributed by atoms with E-state index in [1.54, 1.807) is 0 Å². The minimum absolute atomic E-state index is 0.0967. The molecule has 1 atom stereocenters. The summed E-state index contributed by atoms with van der Waals surface area (Å²) in [6.07, 6.45) is 4.12. The summed E-state index contributed by atoms with van der Waals surface area (Å²) in [5, 5.41) is 0. The van der Waals surface area contributed by atoms with Gasteiger partial charge < -0.3 is 9.64 Å². The molecular weight excluding hydrogens is 310 g/mol. The fourth-order valence-electron chi connectivity index (χ4n) is 3.25. The van der Waals surface area contributed by atoms with Gasteiger partial charge in [-0.25, -0.2) is 4.79 Å². The summed E-state index contributed by atoms with van der Waals surface area (Å²) in [5.74, 6) is -0.350. The van der Waals surface area contributed by atoms with Crippen molar-refractivity contribution in [1.82, 2.24) is 0 Å². The largest absolute Gasteiger partial charge is 0.463 e. The maximum Gasteiger partial charge on any atom is 0.336 e. The Morgan fingerprint density at radius 1 is 1.04 bits per heavy atom. The molecule has 0 radical (unpaired) electrons. The van der Waals surface area contributed by atoms with Crippen LogP contribution in [0.2, 0.25) is 0 Å². The molecule has 25 heavy (non-hydrogen) atoms. The van der Waals surface area contributed by atoms with E-state index in [1.165, 1.54) is 0 Å². The summed E-state index contributed by atoms with van der Waals surface area (Å²) in [6, 6.07) is 18.2. The second-order valence-corrected chi connectivity index (χ2v) is 6.11. The average Bonchev–Trinajstić information content (AvgIpc) is 2.63. The van der Waals surface area contributed by atoms with Crippen LogP contribution in [-0.4, -0.2) is 12.6 Å².